The quantitative estimate of drug-likeness (QED) is 0.522. The van der Waals surface area contributed by atoms with Crippen LogP contribution in [0.2, 0.25) is 0 Å². The predicted octanol–water partition coefficient (Wildman–Crippen LogP) is 6.19. The predicted molar refractivity (Wildman–Crippen MR) is 96.5 cm³/mol. The molecule has 23 heavy (non-hydrogen) atoms. The van der Waals surface area contributed by atoms with Crippen LogP contribution < -0.4 is 0 Å². The molecule has 2 aliphatic carbocycles. The van der Waals surface area contributed by atoms with Gasteiger partial charge in [0, 0.05) is 22.8 Å². The first-order valence-electron chi connectivity index (χ1n) is 8.26. The second-order valence-electron chi connectivity index (χ2n) is 6.65. The maximum Gasteiger partial charge on any atom is 0.139 e. The zero-order valence-corrected chi connectivity index (χ0v) is 13.3. The second kappa shape index (κ2) is 4.48. The van der Waals surface area contributed by atoms with Crippen molar-refractivity contribution in [3.63, 3.8) is 0 Å². The zero-order chi connectivity index (χ0) is 15.6. The van der Waals surface area contributed by atoms with E-state index in [0.717, 1.165) is 30.4 Å². The normalized spacial score (nSPS) is 16.7. The highest BCUT2D eigenvalue weighted by Gasteiger charge is 2.29. The average Bonchev–Trinajstić information content (AvgIpc) is 3.12. The summed E-state index contributed by atoms with van der Waals surface area (Å²) in [6, 6.07) is 12.8. The van der Waals surface area contributed by atoms with Gasteiger partial charge in [0.05, 0.1) is 0 Å². The van der Waals surface area contributed by atoms with Gasteiger partial charge in [-0.3, -0.25) is 0 Å². The Bertz CT molecular complexity index is 1060. The van der Waals surface area contributed by atoms with E-state index in [-0.39, 0.29) is 0 Å². The Kier molecular flexibility index (Phi) is 2.52. The molecule has 0 N–H and O–H groups in total. The summed E-state index contributed by atoms with van der Waals surface area (Å²) < 4.78 is 6.22. The molecule has 0 spiro atoms. The molecule has 3 aromatic rings. The summed E-state index contributed by atoms with van der Waals surface area (Å²) >= 11 is 0. The third-order valence-electron chi connectivity index (χ3n) is 5.21. The zero-order valence-electron chi connectivity index (χ0n) is 13.3. The number of benzene rings is 2. The SMILES string of the molecule is C=C(C)C1=C2C(=CCC1)Cc1c2ccc2c1oc1ccccc12. The van der Waals surface area contributed by atoms with Crippen LogP contribution in [0.15, 0.2) is 70.2 Å². The molecular weight excluding hydrogens is 280 g/mol. The number of hydrogen-bond acceptors (Lipinski definition) is 1. The standard InChI is InChI=1S/C22H18O/c1-13(2)15-8-5-6-14-12-19-17(21(14)15)10-11-18-16-7-3-4-9-20(16)23-22(18)19/h3-4,6-7,9-11H,1,5,8,12H2,2H3. The molecule has 0 amide bonds. The van der Waals surface area contributed by atoms with Crippen LogP contribution in [-0.4, -0.2) is 0 Å². The molecule has 0 saturated heterocycles. The molecule has 2 aromatic carbocycles. The fourth-order valence-corrected chi connectivity index (χ4v) is 4.18. The third kappa shape index (κ3) is 1.68. The maximum absolute atomic E-state index is 6.22. The van der Waals surface area contributed by atoms with E-state index in [4.69, 9.17) is 4.42 Å². The van der Waals surface area contributed by atoms with Crippen molar-refractivity contribution < 1.29 is 4.42 Å². The molecule has 112 valence electrons. The fraction of sp³-hybridized carbons (Fsp3) is 0.182. The Labute approximate surface area is 135 Å². The van der Waals surface area contributed by atoms with Gasteiger partial charge < -0.3 is 4.42 Å². The molecular formula is C22H18O. The van der Waals surface area contributed by atoms with Crippen LogP contribution in [0.5, 0.6) is 0 Å². The Morgan fingerprint density at radius 3 is 2.83 bits per heavy atom. The minimum atomic E-state index is 0.980. The number of rotatable bonds is 1. The van der Waals surface area contributed by atoms with Gasteiger partial charge in [-0.1, -0.05) is 42.5 Å². The van der Waals surface area contributed by atoms with Gasteiger partial charge in [-0.2, -0.15) is 0 Å². The first-order valence-corrected chi connectivity index (χ1v) is 8.26. The minimum absolute atomic E-state index is 0.980. The summed E-state index contributed by atoms with van der Waals surface area (Å²) in [5, 5.41) is 2.44. The summed E-state index contributed by atoms with van der Waals surface area (Å²) in [5.74, 6) is 0. The molecule has 0 saturated carbocycles. The van der Waals surface area contributed by atoms with E-state index < -0.39 is 0 Å². The lowest BCUT2D eigenvalue weighted by Gasteiger charge is -2.17. The van der Waals surface area contributed by atoms with Crippen molar-refractivity contribution in [2.24, 2.45) is 0 Å². The molecule has 1 nitrogen and oxygen atoms in total. The van der Waals surface area contributed by atoms with Gasteiger partial charge in [0.2, 0.25) is 0 Å². The highest BCUT2D eigenvalue weighted by atomic mass is 16.3. The third-order valence-corrected chi connectivity index (χ3v) is 5.21. The Morgan fingerprint density at radius 1 is 1.09 bits per heavy atom. The topological polar surface area (TPSA) is 13.1 Å². The van der Waals surface area contributed by atoms with E-state index in [1.54, 1.807) is 0 Å². The van der Waals surface area contributed by atoms with Crippen LogP contribution in [0.25, 0.3) is 27.5 Å². The molecule has 0 radical (unpaired) electrons. The van der Waals surface area contributed by atoms with Crippen LogP contribution in [-0.2, 0) is 6.42 Å². The lowest BCUT2D eigenvalue weighted by atomic mass is 9.87. The number of furan rings is 1. The Balaban J connectivity index is 1.88. The summed E-state index contributed by atoms with van der Waals surface area (Å²) in [6.07, 6.45) is 5.61. The monoisotopic (exact) mass is 298 g/mol. The van der Waals surface area contributed by atoms with E-state index in [2.05, 4.69) is 49.9 Å². The first-order chi connectivity index (χ1) is 11.2. The summed E-state index contributed by atoms with van der Waals surface area (Å²) in [5.41, 5.74) is 10.2. The molecule has 0 unspecified atom stereocenters. The maximum atomic E-state index is 6.22. The molecule has 5 rings (SSSR count). The number of hydrogen-bond donors (Lipinski definition) is 0. The van der Waals surface area contributed by atoms with E-state index in [1.165, 1.54) is 44.2 Å². The average molecular weight is 298 g/mol. The van der Waals surface area contributed by atoms with E-state index in [1.807, 2.05) is 6.07 Å². The highest BCUT2D eigenvalue weighted by molar-refractivity contribution is 6.08. The van der Waals surface area contributed by atoms with Gasteiger partial charge in [-0.15, -0.1) is 0 Å². The minimum Gasteiger partial charge on any atom is -0.456 e. The van der Waals surface area contributed by atoms with Crippen molar-refractivity contribution in [1.82, 2.24) is 0 Å². The van der Waals surface area contributed by atoms with Crippen molar-refractivity contribution in [1.29, 1.82) is 0 Å². The van der Waals surface area contributed by atoms with Gasteiger partial charge in [0.15, 0.2) is 0 Å². The Hall–Kier alpha value is -2.54. The van der Waals surface area contributed by atoms with Gasteiger partial charge in [-0.25, -0.2) is 0 Å². The largest absolute Gasteiger partial charge is 0.456 e. The molecule has 1 aromatic heterocycles. The summed E-state index contributed by atoms with van der Waals surface area (Å²) in [4.78, 5) is 0. The molecule has 1 heteroatoms. The van der Waals surface area contributed by atoms with Crippen LogP contribution in [0.1, 0.15) is 30.9 Å². The van der Waals surface area contributed by atoms with E-state index in [9.17, 15) is 0 Å². The van der Waals surface area contributed by atoms with E-state index >= 15 is 0 Å². The lowest BCUT2D eigenvalue weighted by Crippen LogP contribution is -1.97. The number of allylic oxidation sites excluding steroid dienone is 5. The van der Waals surface area contributed by atoms with Crippen molar-refractivity contribution in [3.05, 3.63) is 76.9 Å². The fourth-order valence-electron chi connectivity index (χ4n) is 4.18. The molecule has 0 fully saturated rings. The van der Waals surface area contributed by atoms with Gasteiger partial charge in [0.25, 0.3) is 0 Å². The molecule has 1 heterocycles. The summed E-state index contributed by atoms with van der Waals surface area (Å²) in [6.45, 7) is 6.33. The van der Waals surface area contributed by atoms with Crippen LogP contribution >= 0.6 is 0 Å². The van der Waals surface area contributed by atoms with Gasteiger partial charge in [-0.05, 0) is 54.2 Å². The van der Waals surface area contributed by atoms with Gasteiger partial charge >= 0.3 is 0 Å². The van der Waals surface area contributed by atoms with Crippen molar-refractivity contribution in [2.75, 3.05) is 0 Å². The smallest absolute Gasteiger partial charge is 0.139 e. The number of para-hydroxylation sites is 1. The summed E-state index contributed by atoms with van der Waals surface area (Å²) in [7, 11) is 0. The highest BCUT2D eigenvalue weighted by Crippen LogP contribution is 2.47. The van der Waals surface area contributed by atoms with Crippen LogP contribution in [0.3, 0.4) is 0 Å². The molecule has 0 bridgehead atoms. The van der Waals surface area contributed by atoms with Crippen LogP contribution in [0.4, 0.5) is 0 Å². The van der Waals surface area contributed by atoms with Crippen LogP contribution in [0, 0.1) is 0 Å². The molecule has 2 aliphatic rings. The second-order valence-corrected chi connectivity index (χ2v) is 6.65. The first kappa shape index (κ1) is 13.0. The number of fused-ring (bicyclic) bond motifs is 7. The van der Waals surface area contributed by atoms with Gasteiger partial charge in [0.1, 0.15) is 11.2 Å². The lowest BCUT2D eigenvalue weighted by molar-refractivity contribution is 0.664. The van der Waals surface area contributed by atoms with Crippen molar-refractivity contribution >= 4 is 27.5 Å². The van der Waals surface area contributed by atoms with Crippen molar-refractivity contribution in [2.45, 2.75) is 26.2 Å². The molecule has 0 atom stereocenters. The van der Waals surface area contributed by atoms with Crippen molar-refractivity contribution in [3.8, 4) is 0 Å². The molecule has 0 aliphatic heterocycles. The van der Waals surface area contributed by atoms with E-state index in [0.29, 0.717) is 0 Å². The Morgan fingerprint density at radius 2 is 1.96 bits per heavy atom.